The second kappa shape index (κ2) is 20.4. The third-order valence-electron chi connectivity index (χ3n) is 5.36. The Morgan fingerprint density at radius 2 is 1.14 bits per heavy atom. The van der Waals surface area contributed by atoms with E-state index in [1.54, 1.807) is 0 Å². The summed E-state index contributed by atoms with van der Waals surface area (Å²) in [4.78, 5) is 0. The summed E-state index contributed by atoms with van der Waals surface area (Å²) in [6, 6.07) is 10.4. The standard InChI is InChI=1S/C26H46O3/c1-2-3-4-5-6-7-8-9-10-11-12-16-21-28-23-26(27)24-29-22-17-20-25-18-14-13-15-19-25/h13-15,18-19,26-27H,2-12,16-17,20-24H2,1H3. The first-order valence-electron chi connectivity index (χ1n) is 12.2. The molecule has 0 amide bonds. The van der Waals surface area contributed by atoms with Gasteiger partial charge in [0, 0.05) is 13.2 Å². The molecule has 0 heterocycles. The highest BCUT2D eigenvalue weighted by molar-refractivity contribution is 5.14. The molecule has 0 aliphatic heterocycles. The first-order chi connectivity index (χ1) is 14.3. The smallest absolute Gasteiger partial charge is 0.101 e. The highest BCUT2D eigenvalue weighted by Crippen LogP contribution is 2.12. The average molecular weight is 407 g/mol. The molecule has 1 unspecified atom stereocenters. The zero-order valence-corrected chi connectivity index (χ0v) is 19.0. The van der Waals surface area contributed by atoms with E-state index in [0.717, 1.165) is 25.9 Å². The third-order valence-corrected chi connectivity index (χ3v) is 5.36. The molecule has 3 nitrogen and oxygen atoms in total. The van der Waals surface area contributed by atoms with Gasteiger partial charge < -0.3 is 14.6 Å². The van der Waals surface area contributed by atoms with Gasteiger partial charge >= 0.3 is 0 Å². The summed E-state index contributed by atoms with van der Waals surface area (Å²) in [5.41, 5.74) is 1.34. The van der Waals surface area contributed by atoms with Crippen LogP contribution < -0.4 is 0 Å². The van der Waals surface area contributed by atoms with E-state index < -0.39 is 6.10 Å². The van der Waals surface area contributed by atoms with Gasteiger partial charge in [-0.3, -0.25) is 0 Å². The summed E-state index contributed by atoms with van der Waals surface area (Å²) >= 11 is 0. The Morgan fingerprint density at radius 1 is 0.655 bits per heavy atom. The van der Waals surface area contributed by atoms with Crippen LogP contribution in [0.5, 0.6) is 0 Å². The Hall–Kier alpha value is -0.900. The number of benzene rings is 1. The largest absolute Gasteiger partial charge is 0.388 e. The van der Waals surface area contributed by atoms with Crippen molar-refractivity contribution in [2.45, 2.75) is 103 Å². The van der Waals surface area contributed by atoms with Crippen LogP contribution in [-0.4, -0.2) is 37.6 Å². The molecule has 1 aromatic rings. The van der Waals surface area contributed by atoms with E-state index in [1.807, 2.05) is 6.07 Å². The predicted molar refractivity (Wildman–Crippen MR) is 123 cm³/mol. The number of aliphatic hydroxyl groups is 1. The molecule has 0 radical (unpaired) electrons. The van der Waals surface area contributed by atoms with Crippen molar-refractivity contribution in [3.63, 3.8) is 0 Å². The van der Waals surface area contributed by atoms with Crippen LogP contribution in [0.4, 0.5) is 0 Å². The van der Waals surface area contributed by atoms with E-state index in [1.165, 1.54) is 76.2 Å². The maximum absolute atomic E-state index is 9.91. The van der Waals surface area contributed by atoms with Crippen LogP contribution >= 0.6 is 0 Å². The molecular weight excluding hydrogens is 360 g/mol. The van der Waals surface area contributed by atoms with Gasteiger partial charge in [-0.15, -0.1) is 0 Å². The summed E-state index contributed by atoms with van der Waals surface area (Å²) in [5, 5.41) is 9.91. The molecule has 0 bridgehead atoms. The number of hydrogen-bond acceptors (Lipinski definition) is 3. The van der Waals surface area contributed by atoms with Crippen LogP contribution in [-0.2, 0) is 15.9 Å². The van der Waals surface area contributed by atoms with Gasteiger partial charge in [-0.05, 0) is 24.8 Å². The van der Waals surface area contributed by atoms with Crippen molar-refractivity contribution in [2.24, 2.45) is 0 Å². The molecule has 0 aliphatic rings. The van der Waals surface area contributed by atoms with Gasteiger partial charge in [0.15, 0.2) is 0 Å². The quantitative estimate of drug-likeness (QED) is 0.230. The Balaban J connectivity index is 1.75. The first-order valence-corrected chi connectivity index (χ1v) is 12.2. The van der Waals surface area contributed by atoms with Crippen LogP contribution in [0, 0.1) is 0 Å². The maximum Gasteiger partial charge on any atom is 0.101 e. The Kier molecular flexibility index (Phi) is 18.4. The van der Waals surface area contributed by atoms with E-state index in [9.17, 15) is 5.11 Å². The minimum Gasteiger partial charge on any atom is -0.388 e. The van der Waals surface area contributed by atoms with Crippen LogP contribution in [0.2, 0.25) is 0 Å². The SMILES string of the molecule is CCCCCCCCCCCCCCOCC(O)COCCCc1ccccc1. The molecule has 1 atom stereocenters. The molecule has 0 saturated heterocycles. The monoisotopic (exact) mass is 406 g/mol. The Morgan fingerprint density at radius 3 is 1.69 bits per heavy atom. The van der Waals surface area contributed by atoms with Gasteiger partial charge in [0.1, 0.15) is 6.10 Å². The number of rotatable bonds is 21. The van der Waals surface area contributed by atoms with Gasteiger partial charge in [-0.25, -0.2) is 0 Å². The van der Waals surface area contributed by atoms with Gasteiger partial charge in [-0.2, -0.15) is 0 Å². The molecule has 1 rings (SSSR count). The lowest BCUT2D eigenvalue weighted by Crippen LogP contribution is -2.22. The van der Waals surface area contributed by atoms with Gasteiger partial charge in [-0.1, -0.05) is 108 Å². The lowest BCUT2D eigenvalue weighted by molar-refractivity contribution is -0.0198. The topological polar surface area (TPSA) is 38.7 Å². The van der Waals surface area contributed by atoms with Gasteiger partial charge in [0.25, 0.3) is 0 Å². The zero-order valence-electron chi connectivity index (χ0n) is 19.0. The minimum absolute atomic E-state index is 0.368. The fourth-order valence-electron chi connectivity index (χ4n) is 3.56. The van der Waals surface area contributed by atoms with E-state index in [-0.39, 0.29) is 0 Å². The third kappa shape index (κ3) is 17.7. The van der Waals surface area contributed by atoms with Crippen LogP contribution in [0.1, 0.15) is 96.0 Å². The van der Waals surface area contributed by atoms with Gasteiger partial charge in [0.05, 0.1) is 13.2 Å². The van der Waals surface area contributed by atoms with Gasteiger partial charge in [0.2, 0.25) is 0 Å². The number of ether oxygens (including phenoxy) is 2. The predicted octanol–water partition coefficient (Wildman–Crippen LogP) is 6.71. The second-order valence-corrected chi connectivity index (χ2v) is 8.28. The van der Waals surface area contributed by atoms with Crippen LogP contribution in [0.15, 0.2) is 30.3 Å². The van der Waals surface area contributed by atoms with E-state index in [4.69, 9.17) is 9.47 Å². The fourth-order valence-corrected chi connectivity index (χ4v) is 3.56. The lowest BCUT2D eigenvalue weighted by atomic mass is 10.1. The highest BCUT2D eigenvalue weighted by Gasteiger charge is 2.04. The molecule has 29 heavy (non-hydrogen) atoms. The summed E-state index contributed by atoms with van der Waals surface area (Å²) in [6.07, 6.45) is 17.7. The number of aliphatic hydroxyl groups excluding tert-OH is 1. The summed E-state index contributed by atoms with van der Waals surface area (Å²) in [5.74, 6) is 0. The Labute approximate surface area is 180 Å². The fraction of sp³-hybridized carbons (Fsp3) is 0.769. The summed E-state index contributed by atoms with van der Waals surface area (Å²) < 4.78 is 11.1. The molecule has 0 saturated carbocycles. The lowest BCUT2D eigenvalue weighted by Gasteiger charge is -2.12. The maximum atomic E-state index is 9.91. The molecule has 1 N–H and O–H groups in total. The molecule has 168 valence electrons. The normalized spacial score (nSPS) is 12.3. The van der Waals surface area contributed by atoms with Crippen molar-refractivity contribution in [1.29, 1.82) is 0 Å². The number of hydrogen-bond donors (Lipinski definition) is 1. The molecule has 1 aromatic carbocycles. The highest BCUT2D eigenvalue weighted by atomic mass is 16.5. The average Bonchev–Trinajstić information content (AvgIpc) is 2.74. The first kappa shape index (κ1) is 26.1. The van der Waals surface area contributed by atoms with E-state index >= 15 is 0 Å². The molecular formula is C26H46O3. The van der Waals surface area contributed by atoms with E-state index in [0.29, 0.717) is 19.8 Å². The van der Waals surface area contributed by atoms with Crippen molar-refractivity contribution in [3.05, 3.63) is 35.9 Å². The number of aryl methyl sites for hydroxylation is 1. The van der Waals surface area contributed by atoms with Crippen LogP contribution in [0.25, 0.3) is 0 Å². The zero-order chi connectivity index (χ0) is 20.8. The van der Waals surface area contributed by atoms with Crippen molar-refractivity contribution < 1.29 is 14.6 Å². The van der Waals surface area contributed by atoms with Crippen molar-refractivity contribution >= 4 is 0 Å². The molecule has 0 aliphatic carbocycles. The van der Waals surface area contributed by atoms with Crippen LogP contribution in [0.3, 0.4) is 0 Å². The minimum atomic E-state index is -0.510. The summed E-state index contributed by atoms with van der Waals surface area (Å²) in [6.45, 7) is 4.47. The summed E-state index contributed by atoms with van der Waals surface area (Å²) in [7, 11) is 0. The molecule has 0 fully saturated rings. The Bertz CT molecular complexity index is 435. The van der Waals surface area contributed by atoms with Crippen molar-refractivity contribution in [1.82, 2.24) is 0 Å². The van der Waals surface area contributed by atoms with E-state index in [2.05, 4.69) is 31.2 Å². The molecule has 0 spiro atoms. The second-order valence-electron chi connectivity index (χ2n) is 8.28. The van der Waals surface area contributed by atoms with Crippen molar-refractivity contribution in [3.8, 4) is 0 Å². The number of unbranched alkanes of at least 4 members (excludes halogenated alkanes) is 11. The molecule has 0 aromatic heterocycles. The van der Waals surface area contributed by atoms with Crippen molar-refractivity contribution in [2.75, 3.05) is 26.4 Å². The molecule has 3 heteroatoms.